The number of imidazole rings is 1. The van der Waals surface area contributed by atoms with Crippen molar-refractivity contribution in [3.05, 3.63) is 145 Å². The summed E-state index contributed by atoms with van der Waals surface area (Å²) in [6.45, 7) is 6.77. The van der Waals surface area contributed by atoms with Crippen LogP contribution in [0.3, 0.4) is 0 Å². The summed E-state index contributed by atoms with van der Waals surface area (Å²) in [5.41, 5.74) is 6.67. The smallest absolute Gasteiger partial charge is 0.137 e. The van der Waals surface area contributed by atoms with E-state index in [1.54, 1.807) is 0 Å². The molecule has 0 saturated carbocycles. The highest BCUT2D eigenvalue weighted by Gasteiger charge is 2.20. The maximum absolute atomic E-state index is 6.61. The lowest BCUT2D eigenvalue weighted by Gasteiger charge is -2.23. The molecule has 0 N–H and O–H groups in total. The minimum absolute atomic E-state index is 0.00203. The molecule has 0 spiro atoms. The average Bonchev–Trinajstić information content (AvgIpc) is 3.67. The molecule has 0 amide bonds. The molecule has 0 bridgehead atoms. The van der Waals surface area contributed by atoms with Gasteiger partial charge in [0.15, 0.2) is 0 Å². The van der Waals surface area contributed by atoms with Crippen LogP contribution in [0.2, 0.25) is 0 Å². The second-order valence-electron chi connectivity index (χ2n) is 13.2. The van der Waals surface area contributed by atoms with Gasteiger partial charge in [-0.15, -0.1) is 0 Å². The number of ether oxygens (including phenoxy) is 1. The van der Waals surface area contributed by atoms with Crippen LogP contribution in [0.1, 0.15) is 26.3 Å². The van der Waals surface area contributed by atoms with Gasteiger partial charge in [-0.25, -0.2) is 9.97 Å². The minimum Gasteiger partial charge on any atom is -0.457 e. The highest BCUT2D eigenvalue weighted by molar-refractivity contribution is 6.19. The Morgan fingerprint density at radius 1 is 0.574 bits per heavy atom. The number of rotatable bonds is 4. The van der Waals surface area contributed by atoms with Crippen molar-refractivity contribution in [1.82, 2.24) is 19.1 Å². The third kappa shape index (κ3) is 4.38. The number of pyridine rings is 1. The Balaban J connectivity index is 1.19. The van der Waals surface area contributed by atoms with E-state index in [0.717, 1.165) is 72.0 Å². The molecule has 5 nitrogen and oxygen atoms in total. The van der Waals surface area contributed by atoms with Crippen LogP contribution in [0.5, 0.6) is 11.5 Å². The van der Waals surface area contributed by atoms with Gasteiger partial charge in [-0.3, -0.25) is 9.13 Å². The van der Waals surface area contributed by atoms with Crippen LogP contribution in [0.4, 0.5) is 0 Å². The largest absolute Gasteiger partial charge is 0.457 e. The van der Waals surface area contributed by atoms with Crippen LogP contribution in [0, 0.1) is 0 Å². The van der Waals surface area contributed by atoms with Crippen molar-refractivity contribution in [1.29, 1.82) is 0 Å². The molecule has 9 aromatic rings. The number of hydrogen-bond donors (Lipinski definition) is 0. The first-order chi connectivity index (χ1) is 22.9. The Morgan fingerprint density at radius 3 is 2.17 bits per heavy atom. The first kappa shape index (κ1) is 27.4. The lowest BCUT2D eigenvalue weighted by Crippen LogP contribution is -2.14. The monoisotopic (exact) mass is 608 g/mol. The molecule has 3 aromatic heterocycles. The second kappa shape index (κ2) is 10.3. The van der Waals surface area contributed by atoms with Crippen LogP contribution < -0.4 is 4.74 Å². The fraction of sp³-hybridized carbons (Fsp3) is 0.0952. The molecule has 6 aromatic carbocycles. The van der Waals surface area contributed by atoms with Gasteiger partial charge in [-0.1, -0.05) is 87.5 Å². The zero-order valence-electron chi connectivity index (χ0n) is 26.5. The Hall–Kier alpha value is -5.94. The molecule has 0 radical (unpaired) electrons. The van der Waals surface area contributed by atoms with Crippen molar-refractivity contribution in [3.63, 3.8) is 0 Å². The lowest BCUT2D eigenvalue weighted by molar-refractivity contribution is 0.484. The Morgan fingerprint density at radius 2 is 1.30 bits per heavy atom. The Kier molecular flexibility index (Phi) is 6.00. The summed E-state index contributed by atoms with van der Waals surface area (Å²) in [6, 6.07) is 44.5. The van der Waals surface area contributed by atoms with E-state index in [-0.39, 0.29) is 5.41 Å². The minimum atomic E-state index is -0.00203. The van der Waals surface area contributed by atoms with Crippen molar-refractivity contribution >= 4 is 54.4 Å². The molecule has 0 saturated heterocycles. The summed E-state index contributed by atoms with van der Waals surface area (Å²) < 4.78 is 11.0. The van der Waals surface area contributed by atoms with Crippen LogP contribution in [0.25, 0.3) is 65.9 Å². The fourth-order valence-corrected chi connectivity index (χ4v) is 7.05. The molecular formula is C42H32N4O. The molecular weight excluding hydrogens is 576 g/mol. The van der Waals surface area contributed by atoms with Gasteiger partial charge in [0, 0.05) is 28.4 Å². The number of hydrogen-bond acceptors (Lipinski definition) is 3. The van der Waals surface area contributed by atoms with Gasteiger partial charge >= 0.3 is 0 Å². The highest BCUT2D eigenvalue weighted by atomic mass is 16.5. The normalized spacial score (nSPS) is 12.1. The number of fused-ring (bicyclic) bond motifs is 8. The molecule has 3 heterocycles. The standard InChI is InChI=1S/C42H32N4O/c1-42(2,3)34-11-5-7-13-36(34)45-26-44-41-37(45)22-18-28-16-15-27-17-19-29(24-33(27)40(28)41)47-30-20-21-32-31-10-4-6-12-35(31)46(38(32)25-30)39-14-8-9-23-43-39/h4-26H,1-3H3. The third-order valence-corrected chi connectivity index (χ3v) is 9.22. The first-order valence-corrected chi connectivity index (χ1v) is 16.0. The van der Waals surface area contributed by atoms with Crippen molar-refractivity contribution in [2.24, 2.45) is 0 Å². The van der Waals surface area contributed by atoms with Crippen molar-refractivity contribution in [2.45, 2.75) is 26.2 Å². The average molecular weight is 609 g/mol. The van der Waals surface area contributed by atoms with Gasteiger partial charge in [-0.05, 0) is 81.7 Å². The highest BCUT2D eigenvalue weighted by Crippen LogP contribution is 2.38. The van der Waals surface area contributed by atoms with Gasteiger partial charge in [0.25, 0.3) is 0 Å². The number of para-hydroxylation sites is 2. The molecule has 0 unspecified atom stereocenters. The van der Waals surface area contributed by atoms with E-state index in [0.29, 0.717) is 0 Å². The lowest BCUT2D eigenvalue weighted by atomic mass is 9.85. The fourth-order valence-electron chi connectivity index (χ4n) is 7.05. The van der Waals surface area contributed by atoms with Gasteiger partial charge in [0.1, 0.15) is 23.6 Å². The van der Waals surface area contributed by atoms with E-state index < -0.39 is 0 Å². The predicted molar refractivity (Wildman–Crippen MR) is 193 cm³/mol. The van der Waals surface area contributed by atoms with E-state index in [9.17, 15) is 0 Å². The van der Waals surface area contributed by atoms with Crippen molar-refractivity contribution < 1.29 is 4.74 Å². The number of nitrogens with zero attached hydrogens (tertiary/aromatic N) is 4. The summed E-state index contributed by atoms with van der Waals surface area (Å²) in [4.78, 5) is 9.69. The molecule has 226 valence electrons. The molecule has 0 aliphatic rings. The van der Waals surface area contributed by atoms with Crippen LogP contribution in [0.15, 0.2) is 140 Å². The van der Waals surface area contributed by atoms with Gasteiger partial charge in [0.05, 0.1) is 27.8 Å². The number of benzene rings is 6. The van der Waals surface area contributed by atoms with Gasteiger partial charge in [0.2, 0.25) is 0 Å². The van der Waals surface area contributed by atoms with E-state index in [2.05, 4.69) is 138 Å². The maximum Gasteiger partial charge on any atom is 0.137 e. The molecule has 9 rings (SSSR count). The summed E-state index contributed by atoms with van der Waals surface area (Å²) in [5.74, 6) is 2.42. The molecule has 0 fully saturated rings. The van der Waals surface area contributed by atoms with Crippen molar-refractivity contribution in [3.8, 4) is 23.0 Å². The van der Waals surface area contributed by atoms with Gasteiger partial charge in [-0.2, -0.15) is 0 Å². The maximum atomic E-state index is 6.61. The van der Waals surface area contributed by atoms with E-state index >= 15 is 0 Å². The van der Waals surface area contributed by atoms with E-state index in [1.807, 2.05) is 36.8 Å². The summed E-state index contributed by atoms with van der Waals surface area (Å²) in [7, 11) is 0. The topological polar surface area (TPSA) is 44.9 Å². The third-order valence-electron chi connectivity index (χ3n) is 9.22. The Labute approximate surface area is 272 Å². The molecule has 5 heteroatoms. The second-order valence-corrected chi connectivity index (χ2v) is 13.2. The van der Waals surface area contributed by atoms with Gasteiger partial charge < -0.3 is 4.74 Å². The summed E-state index contributed by atoms with van der Waals surface area (Å²) in [6.07, 6.45) is 3.79. The summed E-state index contributed by atoms with van der Waals surface area (Å²) >= 11 is 0. The zero-order valence-corrected chi connectivity index (χ0v) is 26.5. The van der Waals surface area contributed by atoms with Crippen LogP contribution >= 0.6 is 0 Å². The Bertz CT molecular complexity index is 2640. The quantitative estimate of drug-likeness (QED) is 0.187. The molecule has 47 heavy (non-hydrogen) atoms. The first-order valence-electron chi connectivity index (χ1n) is 16.0. The molecule has 0 aliphatic carbocycles. The van der Waals surface area contributed by atoms with E-state index in [4.69, 9.17) is 9.72 Å². The van der Waals surface area contributed by atoms with Crippen LogP contribution in [-0.2, 0) is 5.41 Å². The zero-order chi connectivity index (χ0) is 31.7. The van der Waals surface area contributed by atoms with E-state index in [1.165, 1.54) is 10.9 Å². The molecule has 0 atom stereocenters. The molecule has 0 aliphatic heterocycles. The SMILES string of the molecule is CC(C)(C)c1ccccc1-n1cnc2c3c(ccc4ccc(Oc5ccc6c7ccccc7n(-c7ccccn7)c6c5)cc43)ccc21. The summed E-state index contributed by atoms with van der Waals surface area (Å²) in [5, 5.41) is 6.89. The predicted octanol–water partition coefficient (Wildman–Crippen LogP) is 10.9. The van der Waals surface area contributed by atoms with Crippen molar-refractivity contribution in [2.75, 3.05) is 0 Å². The number of aromatic nitrogens is 4. The van der Waals surface area contributed by atoms with Crippen LogP contribution in [-0.4, -0.2) is 19.1 Å².